The lowest BCUT2D eigenvalue weighted by Crippen LogP contribution is -2.14. The van der Waals surface area contributed by atoms with Gasteiger partial charge in [0.15, 0.2) is 5.82 Å². The average molecular weight is 458 g/mol. The highest BCUT2D eigenvalue weighted by molar-refractivity contribution is 6.42. The van der Waals surface area contributed by atoms with Gasteiger partial charge in [-0.3, -0.25) is 10.1 Å². The summed E-state index contributed by atoms with van der Waals surface area (Å²) in [4.78, 5) is 19.6. The molecule has 0 unspecified atom stereocenters. The summed E-state index contributed by atoms with van der Waals surface area (Å²) in [6, 6.07) is 5.77. The summed E-state index contributed by atoms with van der Waals surface area (Å²) >= 11 is 11.7. The first-order chi connectivity index (χ1) is 14.9. The van der Waals surface area contributed by atoms with Crippen LogP contribution in [0.4, 0.5) is 21.6 Å². The molecule has 0 amide bonds. The SMILES string of the molecule is O=[N+]([O-])c1cc2c(Nc3ccc(Cl)c(Cl)c3F)ncnc2cc1C#C[C@@]12CNC[C@@H]1C2. The Morgan fingerprint density at radius 3 is 2.87 bits per heavy atom. The Kier molecular flexibility index (Phi) is 4.70. The topological polar surface area (TPSA) is 93.0 Å². The standard InChI is InChI=1S/C21H14Cl2FN5O2/c22-14-1-2-15(19(24)18(14)23)28-20-13-6-17(29(30)31)11(5-16(13)26-10-27-20)3-4-21-7-12(21)8-25-9-21/h1-2,5-6,10,12,25H,7-9H2,(H,26,27,28)/t12-,21+/m0/s1. The van der Waals surface area contributed by atoms with Crippen LogP contribution in [-0.4, -0.2) is 28.0 Å². The van der Waals surface area contributed by atoms with E-state index in [9.17, 15) is 14.5 Å². The molecule has 2 N–H and O–H groups in total. The zero-order chi connectivity index (χ0) is 21.8. The minimum Gasteiger partial charge on any atom is -0.337 e. The van der Waals surface area contributed by atoms with E-state index in [0.717, 1.165) is 19.5 Å². The number of piperidine rings is 1. The molecular formula is C21H14Cl2FN5O2. The molecule has 2 heterocycles. The molecule has 2 aromatic carbocycles. The third-order valence-corrected chi connectivity index (χ3v) is 6.53. The quantitative estimate of drug-likeness (QED) is 0.256. The molecule has 1 saturated carbocycles. The molecule has 2 fully saturated rings. The van der Waals surface area contributed by atoms with Crippen molar-refractivity contribution in [3.05, 3.63) is 62.1 Å². The minimum atomic E-state index is -0.749. The lowest BCUT2D eigenvalue weighted by Gasteiger charge is -2.11. The molecule has 5 rings (SSSR count). The van der Waals surface area contributed by atoms with Crippen LogP contribution in [0.5, 0.6) is 0 Å². The van der Waals surface area contributed by atoms with Crippen molar-refractivity contribution in [3.8, 4) is 11.8 Å². The van der Waals surface area contributed by atoms with Crippen molar-refractivity contribution in [1.82, 2.24) is 15.3 Å². The maximum absolute atomic E-state index is 14.5. The highest BCUT2D eigenvalue weighted by Gasteiger charge is 2.56. The van der Waals surface area contributed by atoms with Gasteiger partial charge in [-0.2, -0.15) is 0 Å². The van der Waals surface area contributed by atoms with Gasteiger partial charge in [0.05, 0.1) is 26.2 Å². The normalized spacial score (nSPS) is 21.3. The van der Waals surface area contributed by atoms with E-state index >= 15 is 0 Å². The molecule has 0 radical (unpaired) electrons. The van der Waals surface area contributed by atoms with Crippen molar-refractivity contribution in [2.45, 2.75) is 6.42 Å². The van der Waals surface area contributed by atoms with Gasteiger partial charge in [-0.05, 0) is 37.1 Å². The molecule has 2 aliphatic rings. The largest absolute Gasteiger partial charge is 0.337 e. The number of hydrogen-bond acceptors (Lipinski definition) is 6. The second-order valence-corrected chi connectivity index (χ2v) is 8.44. The van der Waals surface area contributed by atoms with Gasteiger partial charge in [0.25, 0.3) is 5.69 Å². The van der Waals surface area contributed by atoms with Crippen LogP contribution < -0.4 is 10.6 Å². The predicted octanol–water partition coefficient (Wildman–Crippen LogP) is 4.69. The number of anilines is 2. The van der Waals surface area contributed by atoms with Crippen LogP contribution in [0.25, 0.3) is 10.9 Å². The summed E-state index contributed by atoms with van der Waals surface area (Å²) in [6.45, 7) is 1.74. The number of nitro groups is 1. The molecule has 3 aromatic rings. The van der Waals surface area contributed by atoms with E-state index in [4.69, 9.17) is 23.2 Å². The molecule has 31 heavy (non-hydrogen) atoms. The van der Waals surface area contributed by atoms with E-state index in [1.807, 2.05) is 0 Å². The van der Waals surface area contributed by atoms with E-state index in [1.165, 1.54) is 24.5 Å². The fraction of sp³-hybridized carbons (Fsp3) is 0.238. The van der Waals surface area contributed by atoms with Crippen molar-refractivity contribution < 1.29 is 9.31 Å². The van der Waals surface area contributed by atoms with Crippen LogP contribution >= 0.6 is 23.2 Å². The van der Waals surface area contributed by atoms with E-state index in [-0.39, 0.29) is 38.2 Å². The number of benzene rings is 2. The molecule has 2 atom stereocenters. The van der Waals surface area contributed by atoms with Gasteiger partial charge in [-0.1, -0.05) is 35.0 Å². The molecule has 1 aliphatic heterocycles. The number of rotatable bonds is 3. The Hall–Kier alpha value is -2.99. The van der Waals surface area contributed by atoms with Gasteiger partial charge >= 0.3 is 0 Å². The fourth-order valence-corrected chi connectivity index (χ4v) is 4.23. The summed E-state index contributed by atoms with van der Waals surface area (Å²) in [5.41, 5.74) is 0.532. The van der Waals surface area contributed by atoms with Crippen LogP contribution in [0.15, 0.2) is 30.6 Å². The van der Waals surface area contributed by atoms with Crippen LogP contribution in [0.2, 0.25) is 10.0 Å². The molecule has 0 bridgehead atoms. The van der Waals surface area contributed by atoms with Gasteiger partial charge < -0.3 is 10.6 Å². The zero-order valence-corrected chi connectivity index (χ0v) is 17.4. The van der Waals surface area contributed by atoms with Crippen molar-refractivity contribution in [3.63, 3.8) is 0 Å². The number of nitro benzene ring substituents is 1. The third-order valence-electron chi connectivity index (χ3n) is 5.75. The van der Waals surface area contributed by atoms with Gasteiger partial charge in [0.2, 0.25) is 0 Å². The molecule has 7 nitrogen and oxygen atoms in total. The fourth-order valence-electron chi connectivity index (χ4n) is 3.92. The van der Waals surface area contributed by atoms with Gasteiger partial charge in [0.1, 0.15) is 17.7 Å². The molecular weight excluding hydrogens is 444 g/mol. The number of hydrogen-bond donors (Lipinski definition) is 2. The Morgan fingerprint density at radius 1 is 1.32 bits per heavy atom. The summed E-state index contributed by atoms with van der Waals surface area (Å²) in [6.07, 6.45) is 2.31. The summed E-state index contributed by atoms with van der Waals surface area (Å²) < 4.78 is 14.5. The highest BCUT2D eigenvalue weighted by Crippen LogP contribution is 2.54. The first-order valence-corrected chi connectivity index (χ1v) is 10.2. The number of fused-ring (bicyclic) bond motifs is 2. The maximum atomic E-state index is 14.5. The van der Waals surface area contributed by atoms with Crippen molar-refractivity contribution in [1.29, 1.82) is 0 Å². The molecule has 0 spiro atoms. The van der Waals surface area contributed by atoms with Crippen LogP contribution in [0.3, 0.4) is 0 Å². The molecule has 10 heteroatoms. The average Bonchev–Trinajstić information content (AvgIpc) is 3.31. The van der Waals surface area contributed by atoms with Gasteiger partial charge in [-0.25, -0.2) is 14.4 Å². The molecule has 1 aliphatic carbocycles. The van der Waals surface area contributed by atoms with Crippen LogP contribution in [0.1, 0.15) is 12.0 Å². The van der Waals surface area contributed by atoms with Gasteiger partial charge in [0, 0.05) is 23.4 Å². The second-order valence-electron chi connectivity index (χ2n) is 7.65. The number of nitrogens with zero attached hydrogens (tertiary/aromatic N) is 3. The predicted molar refractivity (Wildman–Crippen MR) is 116 cm³/mol. The van der Waals surface area contributed by atoms with Gasteiger partial charge in [-0.15, -0.1) is 0 Å². The van der Waals surface area contributed by atoms with Crippen molar-refractivity contribution in [2.24, 2.45) is 11.3 Å². The lowest BCUT2D eigenvalue weighted by molar-refractivity contribution is -0.385. The third kappa shape index (κ3) is 3.45. The summed E-state index contributed by atoms with van der Waals surface area (Å²) in [5, 5.41) is 18.0. The van der Waals surface area contributed by atoms with E-state index in [2.05, 4.69) is 32.4 Å². The second kappa shape index (κ2) is 7.31. The van der Waals surface area contributed by atoms with E-state index < -0.39 is 10.7 Å². The van der Waals surface area contributed by atoms with E-state index in [0.29, 0.717) is 16.8 Å². The Labute approximate surface area is 186 Å². The number of aromatic nitrogens is 2. The van der Waals surface area contributed by atoms with Crippen molar-refractivity contribution >= 4 is 51.3 Å². The lowest BCUT2D eigenvalue weighted by atomic mass is 10.0. The number of halogens is 3. The maximum Gasteiger partial charge on any atom is 0.285 e. The Balaban J connectivity index is 1.58. The summed E-state index contributed by atoms with van der Waals surface area (Å²) in [7, 11) is 0. The first kappa shape index (κ1) is 19.9. The molecule has 1 saturated heterocycles. The monoisotopic (exact) mass is 457 g/mol. The minimum absolute atomic E-state index is 0.0357. The van der Waals surface area contributed by atoms with Crippen molar-refractivity contribution in [2.75, 3.05) is 18.4 Å². The highest BCUT2D eigenvalue weighted by atomic mass is 35.5. The van der Waals surface area contributed by atoms with E-state index in [1.54, 1.807) is 6.07 Å². The molecule has 156 valence electrons. The Bertz CT molecular complexity index is 1320. The first-order valence-electron chi connectivity index (χ1n) is 9.45. The molecule has 1 aromatic heterocycles. The number of nitrogens with one attached hydrogen (secondary N) is 2. The smallest absolute Gasteiger partial charge is 0.285 e. The zero-order valence-electron chi connectivity index (χ0n) is 15.9. The van der Waals surface area contributed by atoms with Crippen LogP contribution in [0, 0.1) is 39.1 Å². The Morgan fingerprint density at radius 2 is 2.16 bits per heavy atom. The summed E-state index contributed by atoms with van der Waals surface area (Å²) in [5.74, 6) is 6.19. The van der Waals surface area contributed by atoms with Crippen LogP contribution in [-0.2, 0) is 0 Å².